The van der Waals surface area contributed by atoms with Gasteiger partial charge in [0.15, 0.2) is 5.82 Å². The lowest BCUT2D eigenvalue weighted by Crippen LogP contribution is -2.24. The van der Waals surface area contributed by atoms with Crippen molar-refractivity contribution in [2.75, 3.05) is 54.6 Å². The van der Waals surface area contributed by atoms with Gasteiger partial charge in [-0.15, -0.1) is 0 Å². The first-order chi connectivity index (χ1) is 19.0. The van der Waals surface area contributed by atoms with E-state index in [4.69, 9.17) is 19.4 Å². The van der Waals surface area contributed by atoms with E-state index >= 15 is 0 Å². The molecule has 0 amide bonds. The molecule has 1 aromatic heterocycles. The zero-order valence-electron chi connectivity index (χ0n) is 23.4. The molecule has 206 valence electrons. The van der Waals surface area contributed by atoms with E-state index in [1.54, 1.807) is 6.21 Å². The van der Waals surface area contributed by atoms with E-state index in [2.05, 4.69) is 53.2 Å². The number of nitrogens with one attached hydrogen (secondary N) is 1. The molecule has 2 saturated heterocycles. The lowest BCUT2D eigenvalue weighted by atomic mass is 9.87. The third-order valence-corrected chi connectivity index (χ3v) is 7.15. The highest BCUT2D eigenvalue weighted by Gasteiger charge is 2.20. The Morgan fingerprint density at radius 2 is 1.51 bits per heavy atom. The molecule has 8 heteroatoms. The summed E-state index contributed by atoms with van der Waals surface area (Å²) in [5.41, 5.74) is 5.43. The summed E-state index contributed by atoms with van der Waals surface area (Å²) in [6.07, 6.45) is 6.55. The Labute approximate surface area is 232 Å². The van der Waals surface area contributed by atoms with Gasteiger partial charge in [-0.05, 0) is 60.9 Å². The highest BCUT2D eigenvalue weighted by Crippen LogP contribution is 2.26. The van der Waals surface area contributed by atoms with E-state index in [0.717, 1.165) is 55.0 Å². The first-order valence-corrected chi connectivity index (χ1v) is 14.1. The third kappa shape index (κ3) is 7.19. The van der Waals surface area contributed by atoms with Gasteiger partial charge in [-0.25, -0.2) is 0 Å². The monoisotopic (exact) mass is 528 g/mol. The van der Waals surface area contributed by atoms with Crippen molar-refractivity contribution in [1.29, 1.82) is 0 Å². The summed E-state index contributed by atoms with van der Waals surface area (Å²) in [7, 11) is 0. The maximum Gasteiger partial charge on any atom is 0.229 e. The summed E-state index contributed by atoms with van der Waals surface area (Å²) in [5.74, 6) is 4.06. The molecule has 39 heavy (non-hydrogen) atoms. The van der Waals surface area contributed by atoms with Gasteiger partial charge in [0, 0.05) is 37.8 Å². The third-order valence-electron chi connectivity index (χ3n) is 7.15. The van der Waals surface area contributed by atoms with Gasteiger partial charge in [0.1, 0.15) is 30.5 Å². The smallest absolute Gasteiger partial charge is 0.229 e. The predicted octanol–water partition coefficient (Wildman–Crippen LogP) is 5.88. The van der Waals surface area contributed by atoms with Crippen LogP contribution in [0, 0.1) is 0 Å². The normalized spacial score (nSPS) is 15.8. The highest BCUT2D eigenvalue weighted by molar-refractivity contribution is 5.84. The van der Waals surface area contributed by atoms with Crippen molar-refractivity contribution < 1.29 is 9.47 Å². The molecule has 1 N–H and O–H groups in total. The minimum atomic E-state index is 0.127. The molecule has 0 bridgehead atoms. The predicted molar refractivity (Wildman–Crippen MR) is 159 cm³/mol. The van der Waals surface area contributed by atoms with Gasteiger partial charge >= 0.3 is 0 Å². The van der Waals surface area contributed by atoms with E-state index in [1.165, 1.54) is 31.2 Å². The van der Waals surface area contributed by atoms with Crippen molar-refractivity contribution in [1.82, 2.24) is 9.97 Å². The number of benzene rings is 2. The van der Waals surface area contributed by atoms with E-state index in [1.807, 2.05) is 42.5 Å². The number of nitrogens with zero attached hydrogens (tertiary/aromatic N) is 5. The molecule has 8 nitrogen and oxygen atoms in total. The summed E-state index contributed by atoms with van der Waals surface area (Å²) >= 11 is 0. The average Bonchev–Trinajstić information content (AvgIpc) is 3.67. The standard InChI is InChI=1S/C31H40N6O2/c1-31(2,3)25-12-14-26(15-13-25)38-20-21-39-27-11-5-4-10-24(27)23-32-35-28-22-29(36-16-6-7-17-36)34-30(33-28)37-18-8-9-19-37/h4-5,10-15,22-23H,6-9,16-21H2,1-3H3,(H,33,34,35)/b32-23-. The van der Waals surface area contributed by atoms with Crippen molar-refractivity contribution in [3.05, 3.63) is 65.7 Å². The molecule has 2 aromatic carbocycles. The van der Waals surface area contributed by atoms with E-state index in [-0.39, 0.29) is 5.41 Å². The van der Waals surface area contributed by atoms with Gasteiger partial charge in [0.2, 0.25) is 5.95 Å². The Morgan fingerprint density at radius 3 is 2.23 bits per heavy atom. The second-order valence-electron chi connectivity index (χ2n) is 11.2. The molecule has 2 aliphatic heterocycles. The van der Waals surface area contributed by atoms with Gasteiger partial charge in [0.25, 0.3) is 0 Å². The van der Waals surface area contributed by atoms with Crippen molar-refractivity contribution in [3.63, 3.8) is 0 Å². The SMILES string of the molecule is CC(C)(C)c1ccc(OCCOc2ccccc2/C=N\Nc2cc(N3CCCC3)nc(N3CCCC3)n2)cc1. The van der Waals surface area contributed by atoms with E-state index in [9.17, 15) is 0 Å². The Bertz CT molecular complexity index is 1210. The molecule has 0 unspecified atom stereocenters. The van der Waals surface area contributed by atoms with Crippen LogP contribution in [0.4, 0.5) is 17.6 Å². The quantitative estimate of drug-likeness (QED) is 0.200. The van der Waals surface area contributed by atoms with Crippen LogP contribution in [0.3, 0.4) is 0 Å². The summed E-state index contributed by atoms with van der Waals surface area (Å²) in [6, 6.07) is 18.1. The van der Waals surface area contributed by atoms with Crippen molar-refractivity contribution >= 4 is 23.8 Å². The maximum absolute atomic E-state index is 6.03. The minimum Gasteiger partial charge on any atom is -0.490 e. The lowest BCUT2D eigenvalue weighted by molar-refractivity contribution is 0.217. The first kappa shape index (κ1) is 26.8. The van der Waals surface area contributed by atoms with E-state index in [0.29, 0.717) is 19.0 Å². The van der Waals surface area contributed by atoms with Crippen molar-refractivity contribution in [3.8, 4) is 11.5 Å². The van der Waals surface area contributed by atoms with Crippen LogP contribution in [0.5, 0.6) is 11.5 Å². The van der Waals surface area contributed by atoms with Gasteiger partial charge in [-0.3, -0.25) is 5.43 Å². The van der Waals surface area contributed by atoms with Crippen LogP contribution in [0.2, 0.25) is 0 Å². The fourth-order valence-corrected chi connectivity index (χ4v) is 4.89. The van der Waals surface area contributed by atoms with Gasteiger partial charge in [-0.1, -0.05) is 45.0 Å². The zero-order chi connectivity index (χ0) is 27.1. The average molecular weight is 529 g/mol. The molecule has 3 heterocycles. The number of hydrazone groups is 1. The summed E-state index contributed by atoms with van der Waals surface area (Å²) in [4.78, 5) is 14.2. The van der Waals surface area contributed by atoms with Crippen LogP contribution in [0.25, 0.3) is 0 Å². The molecule has 0 aliphatic carbocycles. The number of hydrogen-bond donors (Lipinski definition) is 1. The van der Waals surface area contributed by atoms with Crippen molar-refractivity contribution in [2.45, 2.75) is 51.9 Å². The molecule has 3 aromatic rings. The Morgan fingerprint density at radius 1 is 0.846 bits per heavy atom. The zero-order valence-corrected chi connectivity index (χ0v) is 23.4. The van der Waals surface area contributed by atoms with Gasteiger partial charge in [-0.2, -0.15) is 15.1 Å². The minimum absolute atomic E-state index is 0.127. The number of ether oxygens (including phenoxy) is 2. The molecule has 2 fully saturated rings. The summed E-state index contributed by atoms with van der Waals surface area (Å²) in [6.45, 7) is 11.6. The first-order valence-electron chi connectivity index (χ1n) is 14.1. The lowest BCUT2D eigenvalue weighted by Gasteiger charge is -2.21. The fraction of sp³-hybridized carbons (Fsp3) is 0.452. The largest absolute Gasteiger partial charge is 0.490 e. The number of hydrogen-bond acceptors (Lipinski definition) is 8. The summed E-state index contributed by atoms with van der Waals surface area (Å²) < 4.78 is 11.9. The van der Waals surface area contributed by atoms with Crippen LogP contribution in [-0.4, -0.2) is 55.6 Å². The second-order valence-corrected chi connectivity index (χ2v) is 11.2. The molecular weight excluding hydrogens is 488 g/mol. The van der Waals surface area contributed by atoms with Crippen LogP contribution >= 0.6 is 0 Å². The molecule has 0 radical (unpaired) electrons. The van der Waals surface area contributed by atoms with E-state index < -0.39 is 0 Å². The fourth-order valence-electron chi connectivity index (χ4n) is 4.89. The molecular formula is C31H40N6O2. The van der Waals surface area contributed by atoms with Gasteiger partial charge < -0.3 is 19.3 Å². The Hall–Kier alpha value is -3.81. The van der Waals surface area contributed by atoms with Crippen LogP contribution in [0.15, 0.2) is 59.7 Å². The number of para-hydroxylation sites is 1. The molecule has 2 aliphatic rings. The second kappa shape index (κ2) is 12.4. The number of anilines is 3. The topological polar surface area (TPSA) is 75.1 Å². The van der Waals surface area contributed by atoms with Crippen LogP contribution < -0.4 is 24.7 Å². The molecule has 0 spiro atoms. The van der Waals surface area contributed by atoms with Crippen LogP contribution in [0.1, 0.15) is 57.6 Å². The van der Waals surface area contributed by atoms with Crippen molar-refractivity contribution in [2.24, 2.45) is 5.10 Å². The molecule has 5 rings (SSSR count). The van der Waals surface area contributed by atoms with Gasteiger partial charge in [0.05, 0.1) is 6.21 Å². The van der Waals surface area contributed by atoms with Crippen LogP contribution in [-0.2, 0) is 5.41 Å². The Balaban J connectivity index is 1.19. The molecule has 0 atom stereocenters. The molecule has 0 saturated carbocycles. The highest BCUT2D eigenvalue weighted by atomic mass is 16.5. The number of rotatable bonds is 10. The maximum atomic E-state index is 6.03. The Kier molecular flexibility index (Phi) is 8.49. The summed E-state index contributed by atoms with van der Waals surface area (Å²) in [5, 5.41) is 4.50. The number of aromatic nitrogens is 2.